The molecule has 2 saturated heterocycles. The summed E-state index contributed by atoms with van der Waals surface area (Å²) in [5, 5.41) is 0. The molecule has 0 radical (unpaired) electrons. The molecule has 3 heterocycles. The van der Waals surface area contributed by atoms with Crippen LogP contribution in [0, 0.1) is 5.41 Å². The van der Waals surface area contributed by atoms with Gasteiger partial charge in [-0.2, -0.15) is 0 Å². The number of β-lactam (4-membered cyclic amide) rings is 1. The number of piperidine rings is 1. The van der Waals surface area contributed by atoms with Crippen LogP contribution in [0.4, 0.5) is 0 Å². The first kappa shape index (κ1) is 19.2. The van der Waals surface area contributed by atoms with Gasteiger partial charge >= 0.3 is 0 Å². The van der Waals surface area contributed by atoms with E-state index in [1.165, 1.54) is 6.20 Å². The van der Waals surface area contributed by atoms with Gasteiger partial charge in [-0.05, 0) is 36.6 Å². The molecule has 0 atom stereocenters. The minimum Gasteiger partial charge on any atom is -0.497 e. The number of likely N-dealkylation sites (tertiary alicyclic amines) is 2. The molecule has 0 bridgehead atoms. The van der Waals surface area contributed by atoms with Crippen molar-refractivity contribution in [2.45, 2.75) is 19.4 Å². The lowest BCUT2D eigenvalue weighted by Crippen LogP contribution is -2.64. The van der Waals surface area contributed by atoms with Gasteiger partial charge in [0.15, 0.2) is 0 Å². The van der Waals surface area contributed by atoms with E-state index >= 15 is 0 Å². The Kier molecular flexibility index (Phi) is 5.13. The molecule has 7 heteroatoms. The van der Waals surface area contributed by atoms with E-state index in [2.05, 4.69) is 4.98 Å². The summed E-state index contributed by atoms with van der Waals surface area (Å²) in [5.41, 5.74) is 1.33. The fraction of sp³-hybridized carbons (Fsp3) is 0.409. The zero-order chi connectivity index (χ0) is 20.4. The van der Waals surface area contributed by atoms with E-state index in [0.717, 1.165) is 17.9 Å². The second-order valence-corrected chi connectivity index (χ2v) is 7.67. The molecular weight excluding hydrogens is 370 g/mol. The van der Waals surface area contributed by atoms with Gasteiger partial charge in [0.05, 0.1) is 25.2 Å². The molecule has 1 aromatic carbocycles. The lowest BCUT2D eigenvalue weighted by Gasteiger charge is -2.52. The predicted octanol–water partition coefficient (Wildman–Crippen LogP) is 2.36. The highest BCUT2D eigenvalue weighted by Crippen LogP contribution is 2.42. The molecule has 2 aliphatic heterocycles. The Morgan fingerprint density at radius 2 is 1.79 bits per heavy atom. The summed E-state index contributed by atoms with van der Waals surface area (Å²) < 4.78 is 10.2. The predicted molar refractivity (Wildman–Crippen MR) is 107 cm³/mol. The Labute approximate surface area is 170 Å². The summed E-state index contributed by atoms with van der Waals surface area (Å²) in [6.07, 6.45) is 2.96. The summed E-state index contributed by atoms with van der Waals surface area (Å²) in [6, 6.07) is 11.2. The number of nitrogens with zero attached hydrogens (tertiary/aromatic N) is 3. The quantitative estimate of drug-likeness (QED) is 0.727. The number of aromatic nitrogens is 1. The van der Waals surface area contributed by atoms with Crippen molar-refractivity contribution in [3.05, 3.63) is 53.7 Å². The first-order valence-corrected chi connectivity index (χ1v) is 9.76. The van der Waals surface area contributed by atoms with Crippen LogP contribution in [0.2, 0.25) is 0 Å². The third kappa shape index (κ3) is 3.64. The Morgan fingerprint density at radius 1 is 1.07 bits per heavy atom. The number of benzene rings is 1. The molecular formula is C22H25N3O4. The molecule has 4 rings (SSSR count). The van der Waals surface area contributed by atoms with Crippen LogP contribution in [0.1, 0.15) is 28.8 Å². The van der Waals surface area contributed by atoms with Crippen LogP contribution in [-0.4, -0.2) is 60.5 Å². The molecule has 152 valence electrons. The largest absolute Gasteiger partial charge is 0.497 e. The summed E-state index contributed by atoms with van der Waals surface area (Å²) >= 11 is 0. The lowest BCUT2D eigenvalue weighted by atomic mass is 9.71. The average Bonchev–Trinajstić information content (AvgIpc) is 2.79. The summed E-state index contributed by atoms with van der Waals surface area (Å²) in [5.74, 6) is 1.45. The van der Waals surface area contributed by atoms with Gasteiger partial charge in [0.2, 0.25) is 11.8 Å². The normalized spacial score (nSPS) is 17.8. The van der Waals surface area contributed by atoms with E-state index in [-0.39, 0.29) is 17.2 Å². The standard InChI is InChI=1S/C22H25N3O4/c1-28-18-6-3-16(4-7-18)14-25-15-22(21(25)27)9-11-24(12-10-22)20(26)17-5-8-19(29-2)23-13-17/h3-8,13H,9-12,14-15H2,1-2H3. The topological polar surface area (TPSA) is 72.0 Å². The molecule has 0 aliphatic carbocycles. The number of carbonyl (C=O) groups excluding carboxylic acids is 2. The molecule has 0 unspecified atom stereocenters. The Balaban J connectivity index is 1.32. The van der Waals surface area contributed by atoms with Crippen LogP contribution in [0.15, 0.2) is 42.6 Å². The number of hydrogen-bond donors (Lipinski definition) is 0. The number of hydrogen-bond acceptors (Lipinski definition) is 5. The van der Waals surface area contributed by atoms with E-state index in [9.17, 15) is 9.59 Å². The van der Waals surface area contributed by atoms with Gasteiger partial charge in [-0.1, -0.05) is 12.1 Å². The van der Waals surface area contributed by atoms with Crippen molar-refractivity contribution in [1.82, 2.24) is 14.8 Å². The number of carbonyl (C=O) groups is 2. The monoisotopic (exact) mass is 395 g/mol. The van der Waals surface area contributed by atoms with Crippen molar-refractivity contribution in [1.29, 1.82) is 0 Å². The zero-order valence-electron chi connectivity index (χ0n) is 16.8. The van der Waals surface area contributed by atoms with Crippen LogP contribution in [-0.2, 0) is 11.3 Å². The van der Waals surface area contributed by atoms with Crippen molar-refractivity contribution in [3.8, 4) is 11.6 Å². The molecule has 29 heavy (non-hydrogen) atoms. The van der Waals surface area contributed by atoms with E-state index in [1.54, 1.807) is 26.4 Å². The number of methoxy groups -OCH3 is 2. The SMILES string of the molecule is COc1ccc(CN2CC3(CCN(C(=O)c4ccc(OC)nc4)CC3)C2=O)cc1. The van der Waals surface area contributed by atoms with Crippen molar-refractivity contribution < 1.29 is 19.1 Å². The first-order chi connectivity index (χ1) is 14.0. The second kappa shape index (κ2) is 7.73. The third-order valence-corrected chi connectivity index (χ3v) is 5.97. The highest BCUT2D eigenvalue weighted by Gasteiger charge is 2.53. The average molecular weight is 395 g/mol. The van der Waals surface area contributed by atoms with E-state index in [0.29, 0.717) is 43.9 Å². The van der Waals surface area contributed by atoms with E-state index in [4.69, 9.17) is 9.47 Å². The molecule has 1 aromatic heterocycles. The smallest absolute Gasteiger partial charge is 0.255 e. The molecule has 2 fully saturated rings. The third-order valence-electron chi connectivity index (χ3n) is 5.97. The maximum Gasteiger partial charge on any atom is 0.255 e. The minimum absolute atomic E-state index is 0.0446. The van der Waals surface area contributed by atoms with Crippen LogP contribution < -0.4 is 9.47 Å². The van der Waals surface area contributed by atoms with E-state index < -0.39 is 0 Å². The van der Waals surface area contributed by atoms with Crippen LogP contribution in [0.25, 0.3) is 0 Å². The summed E-state index contributed by atoms with van der Waals surface area (Å²) in [4.78, 5) is 33.4. The van der Waals surface area contributed by atoms with Crippen molar-refractivity contribution >= 4 is 11.8 Å². The highest BCUT2D eigenvalue weighted by molar-refractivity contribution is 5.94. The van der Waals surface area contributed by atoms with Gasteiger partial charge < -0.3 is 19.3 Å². The summed E-state index contributed by atoms with van der Waals surface area (Å²) in [6.45, 7) is 2.55. The Bertz CT molecular complexity index is 887. The molecule has 1 spiro atoms. The van der Waals surface area contributed by atoms with Gasteiger partial charge in [-0.3, -0.25) is 9.59 Å². The van der Waals surface area contributed by atoms with Crippen molar-refractivity contribution in [2.24, 2.45) is 5.41 Å². The minimum atomic E-state index is -0.304. The lowest BCUT2D eigenvalue weighted by molar-refractivity contribution is -0.165. The van der Waals surface area contributed by atoms with Gasteiger partial charge in [-0.25, -0.2) is 4.98 Å². The Morgan fingerprint density at radius 3 is 2.34 bits per heavy atom. The first-order valence-electron chi connectivity index (χ1n) is 9.76. The van der Waals surface area contributed by atoms with Gasteiger partial charge in [0.25, 0.3) is 5.91 Å². The molecule has 0 N–H and O–H groups in total. The maximum atomic E-state index is 12.9. The van der Waals surface area contributed by atoms with Gasteiger partial charge in [0.1, 0.15) is 5.75 Å². The molecule has 2 aliphatic rings. The van der Waals surface area contributed by atoms with Crippen LogP contribution in [0.3, 0.4) is 0 Å². The highest BCUT2D eigenvalue weighted by atomic mass is 16.5. The van der Waals surface area contributed by atoms with Crippen LogP contribution in [0.5, 0.6) is 11.6 Å². The molecule has 0 saturated carbocycles. The Hall–Kier alpha value is -3.09. The molecule has 2 aromatic rings. The summed E-state index contributed by atoms with van der Waals surface area (Å²) in [7, 11) is 3.18. The number of amides is 2. The fourth-order valence-corrected chi connectivity index (χ4v) is 4.15. The zero-order valence-corrected chi connectivity index (χ0v) is 16.8. The van der Waals surface area contributed by atoms with Crippen molar-refractivity contribution in [2.75, 3.05) is 33.9 Å². The van der Waals surface area contributed by atoms with Gasteiger partial charge in [-0.15, -0.1) is 0 Å². The molecule has 2 amide bonds. The van der Waals surface area contributed by atoms with Gasteiger partial charge in [0, 0.05) is 38.4 Å². The molecule has 7 nitrogen and oxygen atoms in total. The number of pyridine rings is 1. The van der Waals surface area contributed by atoms with E-state index in [1.807, 2.05) is 34.1 Å². The van der Waals surface area contributed by atoms with Crippen LogP contribution >= 0.6 is 0 Å². The number of rotatable bonds is 5. The van der Waals surface area contributed by atoms with Crippen molar-refractivity contribution in [3.63, 3.8) is 0 Å². The number of ether oxygens (including phenoxy) is 2. The fourth-order valence-electron chi connectivity index (χ4n) is 4.15. The second-order valence-electron chi connectivity index (χ2n) is 7.67. The maximum absolute atomic E-state index is 12.9.